The minimum atomic E-state index is -0.0294. The van der Waals surface area contributed by atoms with Crippen LogP contribution in [-0.4, -0.2) is 41.4 Å². The molecule has 1 aromatic carbocycles. The fourth-order valence-corrected chi connectivity index (χ4v) is 5.58. The average molecular weight is 353 g/mol. The zero-order valence-electron chi connectivity index (χ0n) is 16.6. The summed E-state index contributed by atoms with van der Waals surface area (Å²) in [5.74, 6) is 0.718. The number of urea groups is 1. The van der Waals surface area contributed by atoms with Crippen molar-refractivity contribution in [3.63, 3.8) is 0 Å². The molecule has 4 nitrogen and oxygen atoms in total. The first-order chi connectivity index (χ1) is 12.2. The van der Waals surface area contributed by atoms with Gasteiger partial charge in [0.25, 0.3) is 0 Å². The van der Waals surface area contributed by atoms with Gasteiger partial charge in [0.05, 0.1) is 0 Å². The van der Waals surface area contributed by atoms with Crippen LogP contribution in [0.3, 0.4) is 0 Å². The number of nitrogens with zero attached hydrogens (tertiary/aromatic N) is 3. The Balaban J connectivity index is 1.59. The summed E-state index contributed by atoms with van der Waals surface area (Å²) < 4.78 is -0.0294. The lowest BCUT2D eigenvalue weighted by atomic mass is 9.69. The Bertz CT molecular complexity index is 797. The second kappa shape index (κ2) is 5.53. The summed E-state index contributed by atoms with van der Waals surface area (Å²) in [6, 6.07) is 10.4. The van der Waals surface area contributed by atoms with E-state index in [0.29, 0.717) is 11.5 Å². The molecule has 0 spiro atoms. The largest absolute Gasteiger partial charge is 0.450 e. The summed E-state index contributed by atoms with van der Waals surface area (Å²) in [4.78, 5) is 15.4. The van der Waals surface area contributed by atoms with Gasteiger partial charge < -0.3 is 0 Å². The summed E-state index contributed by atoms with van der Waals surface area (Å²) in [6.45, 7) is 7.16. The summed E-state index contributed by atoms with van der Waals surface area (Å²) in [5.41, 5.74) is 2.41. The third kappa shape index (κ3) is 2.24. The highest BCUT2D eigenvalue weighted by Crippen LogP contribution is 2.66. The van der Waals surface area contributed by atoms with Crippen molar-refractivity contribution in [1.29, 1.82) is 0 Å². The molecule has 1 aliphatic heterocycles. The summed E-state index contributed by atoms with van der Waals surface area (Å²) in [5, 5.41) is 4.76. The van der Waals surface area contributed by atoms with Gasteiger partial charge in [0.1, 0.15) is 19.0 Å². The number of amides is 2. The second-order valence-corrected chi connectivity index (χ2v) is 9.21. The van der Waals surface area contributed by atoms with Crippen molar-refractivity contribution in [2.75, 3.05) is 14.1 Å². The van der Waals surface area contributed by atoms with Crippen molar-refractivity contribution in [3.05, 3.63) is 48.2 Å². The fourth-order valence-electron chi connectivity index (χ4n) is 5.58. The molecule has 0 saturated heterocycles. The Labute approximate surface area is 156 Å². The van der Waals surface area contributed by atoms with E-state index in [1.165, 1.54) is 12.8 Å². The lowest BCUT2D eigenvalue weighted by Gasteiger charge is -2.43. The van der Waals surface area contributed by atoms with Crippen LogP contribution < -0.4 is 0 Å². The van der Waals surface area contributed by atoms with Gasteiger partial charge in [-0.2, -0.15) is 0 Å². The van der Waals surface area contributed by atoms with Gasteiger partial charge in [-0.1, -0.05) is 60.8 Å². The molecule has 26 heavy (non-hydrogen) atoms. The smallest absolute Gasteiger partial charge is 0.289 e. The van der Waals surface area contributed by atoms with Crippen LogP contribution in [0.15, 0.2) is 47.7 Å². The molecule has 4 rings (SSSR count). The third-order valence-corrected chi connectivity index (χ3v) is 7.81. The minimum Gasteiger partial charge on any atom is -0.289 e. The quantitative estimate of drug-likeness (QED) is 0.714. The van der Waals surface area contributed by atoms with E-state index in [0.717, 1.165) is 23.6 Å². The molecule has 2 fully saturated rings. The minimum absolute atomic E-state index is 0.0294. The highest BCUT2D eigenvalue weighted by Gasteiger charge is 2.63. The molecule has 0 aromatic heterocycles. The van der Waals surface area contributed by atoms with Gasteiger partial charge in [-0.05, 0) is 36.0 Å². The van der Waals surface area contributed by atoms with Gasteiger partial charge in [-0.3, -0.25) is 4.90 Å². The number of carbonyl (C=O) groups is 1. The van der Waals surface area contributed by atoms with E-state index in [1.807, 2.05) is 61.6 Å². The lowest BCUT2D eigenvalue weighted by molar-refractivity contribution is -0.784. The number of carbonyl (C=O) groups excluding carboxylic acids is 1. The van der Waals surface area contributed by atoms with Gasteiger partial charge in [0.15, 0.2) is 0 Å². The summed E-state index contributed by atoms with van der Waals surface area (Å²) in [6.07, 6.45) is 7.50. The van der Waals surface area contributed by atoms with E-state index in [1.54, 1.807) is 0 Å². The SMILES string of the molecule is CN(C(=O)[N@@+]1(C)C=CC(c2ccccc2)=N1)[C@H]1C[C@H]2CC[C@]1(C)C2(C)C. The van der Waals surface area contributed by atoms with Crippen molar-refractivity contribution in [1.82, 2.24) is 4.90 Å². The predicted octanol–water partition coefficient (Wildman–Crippen LogP) is 4.63. The topological polar surface area (TPSA) is 32.7 Å². The normalized spacial score (nSPS) is 37.0. The number of rotatable bonds is 2. The van der Waals surface area contributed by atoms with Crippen LogP contribution in [0.5, 0.6) is 0 Å². The summed E-state index contributed by atoms with van der Waals surface area (Å²) >= 11 is 0. The van der Waals surface area contributed by atoms with Crippen molar-refractivity contribution in [2.45, 2.75) is 46.1 Å². The molecule has 4 atom stereocenters. The van der Waals surface area contributed by atoms with Gasteiger partial charge in [0.2, 0.25) is 0 Å². The Morgan fingerprint density at radius 2 is 1.92 bits per heavy atom. The Morgan fingerprint density at radius 3 is 2.50 bits per heavy atom. The maximum Gasteiger partial charge on any atom is 0.450 e. The maximum atomic E-state index is 13.4. The first kappa shape index (κ1) is 17.5. The van der Waals surface area contributed by atoms with Crippen LogP contribution in [0.4, 0.5) is 4.79 Å². The van der Waals surface area contributed by atoms with Crippen LogP contribution in [0.1, 0.15) is 45.6 Å². The Morgan fingerprint density at radius 1 is 1.23 bits per heavy atom. The molecule has 0 unspecified atom stereocenters. The van der Waals surface area contributed by atoms with Crippen molar-refractivity contribution < 1.29 is 9.39 Å². The highest BCUT2D eigenvalue weighted by molar-refractivity contribution is 6.09. The number of benzene rings is 1. The maximum absolute atomic E-state index is 13.4. The van der Waals surface area contributed by atoms with E-state index >= 15 is 0 Å². The van der Waals surface area contributed by atoms with Gasteiger partial charge in [0, 0.05) is 24.7 Å². The predicted molar refractivity (Wildman–Crippen MR) is 104 cm³/mol. The number of fused-ring (bicyclic) bond motifs is 2. The summed E-state index contributed by atoms with van der Waals surface area (Å²) in [7, 11) is 3.86. The van der Waals surface area contributed by atoms with Crippen molar-refractivity contribution in [3.8, 4) is 0 Å². The molecule has 2 amide bonds. The Kier molecular flexibility index (Phi) is 3.71. The molecule has 3 aliphatic rings. The molecule has 2 aliphatic carbocycles. The van der Waals surface area contributed by atoms with E-state index in [9.17, 15) is 4.79 Å². The number of hydrogen-bond acceptors (Lipinski definition) is 2. The second-order valence-electron chi connectivity index (χ2n) is 9.21. The van der Waals surface area contributed by atoms with Crippen LogP contribution >= 0.6 is 0 Å². The Hall–Kier alpha value is -1.94. The molecule has 1 aromatic rings. The molecular formula is C22H30N3O+. The van der Waals surface area contributed by atoms with Gasteiger partial charge in [-0.15, -0.1) is 0 Å². The number of quaternary nitrogens is 1. The van der Waals surface area contributed by atoms with Crippen molar-refractivity contribution in [2.24, 2.45) is 21.8 Å². The zero-order valence-corrected chi connectivity index (χ0v) is 16.6. The average Bonchev–Trinajstić information content (AvgIpc) is 3.20. The zero-order chi connectivity index (χ0) is 18.7. The molecule has 2 bridgehead atoms. The van der Waals surface area contributed by atoms with Crippen LogP contribution in [0.2, 0.25) is 0 Å². The van der Waals surface area contributed by atoms with E-state index in [4.69, 9.17) is 5.10 Å². The van der Waals surface area contributed by atoms with E-state index in [2.05, 4.69) is 20.8 Å². The number of hydrogen-bond donors (Lipinski definition) is 0. The van der Waals surface area contributed by atoms with E-state index in [-0.39, 0.29) is 16.0 Å². The monoisotopic (exact) mass is 352 g/mol. The molecule has 1 heterocycles. The van der Waals surface area contributed by atoms with Gasteiger partial charge >= 0.3 is 6.03 Å². The highest BCUT2D eigenvalue weighted by atomic mass is 16.2. The molecule has 0 N–H and O–H groups in total. The van der Waals surface area contributed by atoms with Gasteiger partial charge in [-0.25, -0.2) is 4.79 Å². The lowest BCUT2D eigenvalue weighted by Crippen LogP contribution is -2.54. The first-order valence-electron chi connectivity index (χ1n) is 9.67. The number of allylic oxidation sites excluding steroid dienone is 1. The molecular weight excluding hydrogens is 322 g/mol. The van der Waals surface area contributed by atoms with Crippen LogP contribution in [0.25, 0.3) is 0 Å². The first-order valence-corrected chi connectivity index (χ1v) is 9.67. The molecule has 138 valence electrons. The van der Waals surface area contributed by atoms with E-state index < -0.39 is 0 Å². The standard InChI is InChI=1S/C22H30N3O/c1-21(2)17-11-13-22(21,3)19(15-17)24(4)20(26)25(5)14-12-18(23-25)16-9-7-6-8-10-16/h6-10,12,14,17,19H,11,13,15H2,1-5H3/q+1/t17-,19+,22+,25-/m1/s1. The molecule has 0 radical (unpaired) electrons. The third-order valence-electron chi connectivity index (χ3n) is 7.81. The fraction of sp³-hybridized carbons (Fsp3) is 0.545. The molecule has 2 saturated carbocycles. The van der Waals surface area contributed by atoms with Crippen LogP contribution in [0, 0.1) is 16.7 Å². The van der Waals surface area contributed by atoms with Crippen LogP contribution in [-0.2, 0) is 0 Å². The molecule has 4 heteroatoms. The van der Waals surface area contributed by atoms with Crippen molar-refractivity contribution >= 4 is 11.7 Å².